The minimum atomic E-state index is -0.514. The molecule has 0 saturated carbocycles. The van der Waals surface area contributed by atoms with E-state index in [1.807, 2.05) is 24.3 Å². The van der Waals surface area contributed by atoms with Crippen molar-refractivity contribution in [1.29, 1.82) is 0 Å². The molecule has 8 heteroatoms. The molecule has 6 nitrogen and oxygen atoms in total. The Morgan fingerprint density at radius 1 is 1.10 bits per heavy atom. The van der Waals surface area contributed by atoms with Crippen LogP contribution in [-0.2, 0) is 11.3 Å². The fraction of sp³-hybridized carbons (Fsp3) is 0.227. The van der Waals surface area contributed by atoms with Gasteiger partial charge in [0.2, 0.25) is 5.91 Å². The van der Waals surface area contributed by atoms with E-state index in [9.17, 15) is 9.59 Å². The average molecular weight is 443 g/mol. The number of nitrogens with zero attached hydrogens (tertiary/aromatic N) is 3. The molecule has 2 heterocycles. The van der Waals surface area contributed by atoms with E-state index in [2.05, 4.69) is 10.4 Å². The minimum absolute atomic E-state index is 0.130. The zero-order valence-electron chi connectivity index (χ0n) is 16.1. The summed E-state index contributed by atoms with van der Waals surface area (Å²) >= 11 is 12.2. The lowest BCUT2D eigenvalue weighted by Crippen LogP contribution is -2.43. The monoisotopic (exact) mass is 442 g/mol. The van der Waals surface area contributed by atoms with Gasteiger partial charge < -0.3 is 10.2 Å². The highest BCUT2D eigenvalue weighted by molar-refractivity contribution is 6.35. The van der Waals surface area contributed by atoms with Crippen LogP contribution in [0.5, 0.6) is 0 Å². The Kier molecular flexibility index (Phi) is 6.06. The Balaban J connectivity index is 1.48. The summed E-state index contributed by atoms with van der Waals surface area (Å²) in [7, 11) is 0. The van der Waals surface area contributed by atoms with Crippen molar-refractivity contribution in [3.05, 3.63) is 82.0 Å². The molecule has 30 heavy (non-hydrogen) atoms. The molecule has 3 aromatic rings. The Bertz CT molecular complexity index is 1070. The smallest absolute Gasteiger partial charge is 0.254 e. The van der Waals surface area contributed by atoms with Gasteiger partial charge in [-0.05, 0) is 42.7 Å². The lowest BCUT2D eigenvalue weighted by atomic mass is 10.1. The highest BCUT2D eigenvalue weighted by Gasteiger charge is 2.34. The zero-order chi connectivity index (χ0) is 21.1. The van der Waals surface area contributed by atoms with Gasteiger partial charge in [-0.2, -0.15) is 5.10 Å². The molecule has 0 spiro atoms. The molecule has 2 aromatic carbocycles. The van der Waals surface area contributed by atoms with E-state index < -0.39 is 6.04 Å². The summed E-state index contributed by atoms with van der Waals surface area (Å²) in [4.78, 5) is 27.5. The van der Waals surface area contributed by atoms with Crippen LogP contribution in [0, 0.1) is 0 Å². The van der Waals surface area contributed by atoms with Crippen molar-refractivity contribution in [2.24, 2.45) is 0 Å². The van der Waals surface area contributed by atoms with Crippen molar-refractivity contribution >= 4 is 40.8 Å². The van der Waals surface area contributed by atoms with Crippen LogP contribution in [0.1, 0.15) is 28.8 Å². The van der Waals surface area contributed by atoms with Gasteiger partial charge in [0.15, 0.2) is 0 Å². The highest BCUT2D eigenvalue weighted by Crippen LogP contribution is 2.24. The second kappa shape index (κ2) is 8.90. The summed E-state index contributed by atoms with van der Waals surface area (Å²) in [6.45, 7) is 0.946. The normalized spacial score (nSPS) is 15.9. The summed E-state index contributed by atoms with van der Waals surface area (Å²) in [5.74, 6) is 0.195. The van der Waals surface area contributed by atoms with Crippen LogP contribution in [0.25, 0.3) is 0 Å². The molecular formula is C22H20Cl2N4O2. The van der Waals surface area contributed by atoms with Crippen LogP contribution in [0.4, 0.5) is 5.82 Å². The number of hydrogen-bond donors (Lipinski definition) is 1. The molecule has 2 amide bonds. The molecule has 1 aromatic heterocycles. The van der Waals surface area contributed by atoms with Gasteiger partial charge in [0.25, 0.3) is 5.91 Å². The van der Waals surface area contributed by atoms with E-state index in [-0.39, 0.29) is 11.8 Å². The van der Waals surface area contributed by atoms with Crippen molar-refractivity contribution in [3.63, 3.8) is 0 Å². The van der Waals surface area contributed by atoms with Crippen molar-refractivity contribution in [2.75, 3.05) is 11.9 Å². The number of halogens is 2. The number of aromatic nitrogens is 2. The molecule has 1 aliphatic heterocycles. The first-order valence-electron chi connectivity index (χ1n) is 9.65. The van der Waals surface area contributed by atoms with Gasteiger partial charge in [-0.25, -0.2) is 4.68 Å². The second-order valence-corrected chi connectivity index (χ2v) is 7.97. The number of anilines is 1. The number of carbonyl (C=O) groups excluding carboxylic acids is 2. The number of nitrogens with one attached hydrogen (secondary N) is 1. The molecular weight excluding hydrogens is 423 g/mol. The minimum Gasteiger partial charge on any atom is -0.327 e. The average Bonchev–Trinajstić information content (AvgIpc) is 3.40. The molecule has 0 bridgehead atoms. The Morgan fingerprint density at radius 2 is 1.90 bits per heavy atom. The standard InChI is InChI=1S/C22H20Cl2N4O2/c23-17-9-8-16(18(24)13-17)14-28-20(10-11-25-28)26-21(29)19-7-4-12-27(19)22(30)15-5-2-1-3-6-15/h1-3,5-6,8-11,13,19H,4,7,12,14H2,(H,26,29). The predicted molar refractivity (Wildman–Crippen MR) is 117 cm³/mol. The largest absolute Gasteiger partial charge is 0.327 e. The van der Waals surface area contributed by atoms with Crippen molar-refractivity contribution in [1.82, 2.24) is 14.7 Å². The summed E-state index contributed by atoms with van der Waals surface area (Å²) in [5, 5.41) is 8.30. The van der Waals surface area contributed by atoms with E-state index in [1.54, 1.807) is 46.1 Å². The molecule has 1 atom stereocenters. The molecule has 1 saturated heterocycles. The number of carbonyl (C=O) groups is 2. The van der Waals surface area contributed by atoms with E-state index >= 15 is 0 Å². The van der Waals surface area contributed by atoms with Gasteiger partial charge in [0.1, 0.15) is 11.9 Å². The molecule has 1 N–H and O–H groups in total. The van der Waals surface area contributed by atoms with Crippen LogP contribution in [0.2, 0.25) is 10.0 Å². The van der Waals surface area contributed by atoms with Gasteiger partial charge in [0, 0.05) is 28.2 Å². The van der Waals surface area contributed by atoms with Crippen LogP contribution < -0.4 is 5.32 Å². The Morgan fingerprint density at radius 3 is 2.67 bits per heavy atom. The molecule has 154 valence electrons. The van der Waals surface area contributed by atoms with Crippen LogP contribution in [-0.4, -0.2) is 39.1 Å². The van der Waals surface area contributed by atoms with E-state index in [0.717, 1.165) is 12.0 Å². The van der Waals surface area contributed by atoms with Gasteiger partial charge in [-0.15, -0.1) is 0 Å². The maximum Gasteiger partial charge on any atom is 0.254 e. The molecule has 1 fully saturated rings. The van der Waals surface area contributed by atoms with E-state index in [1.165, 1.54) is 0 Å². The lowest BCUT2D eigenvalue weighted by molar-refractivity contribution is -0.119. The summed E-state index contributed by atoms with van der Waals surface area (Å²) in [6, 6.07) is 15.5. The molecule has 0 aliphatic carbocycles. The second-order valence-electron chi connectivity index (χ2n) is 7.12. The van der Waals surface area contributed by atoms with Crippen molar-refractivity contribution < 1.29 is 9.59 Å². The summed E-state index contributed by atoms with van der Waals surface area (Å²) in [6.07, 6.45) is 3.03. The zero-order valence-corrected chi connectivity index (χ0v) is 17.6. The first kappa shape index (κ1) is 20.4. The lowest BCUT2D eigenvalue weighted by Gasteiger charge is -2.24. The summed E-state index contributed by atoms with van der Waals surface area (Å²) in [5.41, 5.74) is 1.42. The van der Waals surface area contributed by atoms with E-state index in [4.69, 9.17) is 23.2 Å². The van der Waals surface area contributed by atoms with Crippen LogP contribution in [0.3, 0.4) is 0 Å². The van der Waals surface area contributed by atoms with E-state index in [0.29, 0.717) is 40.9 Å². The van der Waals surface area contributed by atoms with Gasteiger partial charge in [-0.3, -0.25) is 9.59 Å². The number of likely N-dealkylation sites (tertiary alicyclic amines) is 1. The Labute approximate surface area is 184 Å². The molecule has 4 rings (SSSR count). The SMILES string of the molecule is O=C(Nc1ccnn1Cc1ccc(Cl)cc1Cl)C1CCCN1C(=O)c1ccccc1. The highest BCUT2D eigenvalue weighted by atomic mass is 35.5. The van der Waals surface area contributed by atoms with Crippen LogP contribution in [0.15, 0.2) is 60.8 Å². The number of rotatable bonds is 5. The maximum absolute atomic E-state index is 13.0. The van der Waals surface area contributed by atoms with Gasteiger partial charge in [0.05, 0.1) is 12.7 Å². The maximum atomic E-state index is 13.0. The Hall–Kier alpha value is -2.83. The third-order valence-corrected chi connectivity index (χ3v) is 5.73. The van der Waals surface area contributed by atoms with Gasteiger partial charge >= 0.3 is 0 Å². The fourth-order valence-corrected chi connectivity index (χ4v) is 4.08. The first-order chi connectivity index (χ1) is 14.5. The molecule has 1 unspecified atom stereocenters. The van der Waals surface area contributed by atoms with Crippen molar-refractivity contribution in [2.45, 2.75) is 25.4 Å². The predicted octanol–water partition coefficient (Wildman–Crippen LogP) is 4.48. The summed E-state index contributed by atoms with van der Waals surface area (Å²) < 4.78 is 1.66. The first-order valence-corrected chi connectivity index (χ1v) is 10.4. The molecule has 0 radical (unpaired) electrons. The van der Waals surface area contributed by atoms with Gasteiger partial charge in [-0.1, -0.05) is 47.5 Å². The number of amides is 2. The number of benzene rings is 2. The molecule has 1 aliphatic rings. The topological polar surface area (TPSA) is 67.2 Å². The number of hydrogen-bond acceptors (Lipinski definition) is 3. The fourth-order valence-electron chi connectivity index (χ4n) is 3.61. The third-order valence-electron chi connectivity index (χ3n) is 5.14. The quantitative estimate of drug-likeness (QED) is 0.632. The third kappa shape index (κ3) is 4.35. The van der Waals surface area contributed by atoms with Crippen LogP contribution >= 0.6 is 23.2 Å². The van der Waals surface area contributed by atoms with Crippen molar-refractivity contribution in [3.8, 4) is 0 Å².